The van der Waals surface area contributed by atoms with Gasteiger partial charge in [0.25, 0.3) is 0 Å². The first-order valence-electron chi connectivity index (χ1n) is 5.18. The number of nitrogens with zero attached hydrogens (tertiary/aromatic N) is 1. The van der Waals surface area contributed by atoms with Crippen LogP contribution in [0.5, 0.6) is 0 Å². The summed E-state index contributed by atoms with van der Waals surface area (Å²) < 4.78 is 0. The molecule has 0 fully saturated rings. The Morgan fingerprint density at radius 3 is 2.41 bits per heavy atom. The molecule has 0 aliphatic rings. The van der Waals surface area contributed by atoms with Crippen molar-refractivity contribution in [3.05, 3.63) is 65.5 Å². The van der Waals surface area contributed by atoms with Crippen LogP contribution in [0.4, 0.5) is 0 Å². The predicted octanol–water partition coefficient (Wildman–Crippen LogP) is 2.95. The minimum atomic E-state index is -0.912. The summed E-state index contributed by atoms with van der Waals surface area (Å²) in [5.41, 5.74) is 2.11. The van der Waals surface area contributed by atoms with Crippen LogP contribution in [0.2, 0.25) is 0 Å². The zero-order valence-corrected chi connectivity index (χ0v) is 9.08. The maximum Gasteiger partial charge on any atom is 0.335 e. The second-order valence-electron chi connectivity index (χ2n) is 3.52. The van der Waals surface area contributed by atoms with Gasteiger partial charge < -0.3 is 5.11 Å². The van der Waals surface area contributed by atoms with Crippen LogP contribution in [-0.2, 0) is 0 Å². The molecule has 0 aliphatic carbocycles. The molecule has 17 heavy (non-hydrogen) atoms. The number of pyridine rings is 1. The molecule has 84 valence electrons. The fraction of sp³-hybridized carbons (Fsp3) is 0. The molecule has 3 nitrogen and oxygen atoms in total. The van der Waals surface area contributed by atoms with Crippen molar-refractivity contribution in [3.63, 3.8) is 0 Å². The molecule has 0 aliphatic heterocycles. The number of carboxylic acid groups (broad SMARTS) is 1. The van der Waals surface area contributed by atoms with E-state index in [1.807, 2.05) is 30.4 Å². The van der Waals surface area contributed by atoms with Crippen LogP contribution in [0, 0.1) is 0 Å². The van der Waals surface area contributed by atoms with Crippen LogP contribution in [-0.4, -0.2) is 16.1 Å². The van der Waals surface area contributed by atoms with Gasteiger partial charge in [-0.05, 0) is 35.9 Å². The highest BCUT2D eigenvalue weighted by Crippen LogP contribution is 2.08. The van der Waals surface area contributed by atoms with E-state index in [-0.39, 0.29) is 0 Å². The van der Waals surface area contributed by atoms with Crippen molar-refractivity contribution >= 4 is 18.1 Å². The van der Waals surface area contributed by atoms with Crippen LogP contribution in [0.15, 0.2) is 48.7 Å². The second kappa shape index (κ2) is 5.07. The first kappa shape index (κ1) is 11.1. The van der Waals surface area contributed by atoms with Crippen molar-refractivity contribution in [1.82, 2.24) is 4.98 Å². The summed E-state index contributed by atoms with van der Waals surface area (Å²) in [6.45, 7) is 0. The van der Waals surface area contributed by atoms with E-state index >= 15 is 0 Å². The molecule has 0 amide bonds. The summed E-state index contributed by atoms with van der Waals surface area (Å²) in [6, 6.07) is 12.4. The van der Waals surface area contributed by atoms with Gasteiger partial charge in [0, 0.05) is 6.20 Å². The Morgan fingerprint density at radius 1 is 1.06 bits per heavy atom. The Balaban J connectivity index is 2.14. The third-order valence-electron chi connectivity index (χ3n) is 2.29. The monoisotopic (exact) mass is 225 g/mol. The molecule has 1 N–H and O–H groups in total. The van der Waals surface area contributed by atoms with Gasteiger partial charge in [0.05, 0.1) is 11.3 Å². The van der Waals surface area contributed by atoms with E-state index in [9.17, 15) is 4.79 Å². The predicted molar refractivity (Wildman–Crippen MR) is 66.6 cm³/mol. The number of carbonyl (C=O) groups is 1. The molecule has 0 unspecified atom stereocenters. The molecule has 0 spiro atoms. The average Bonchev–Trinajstić information content (AvgIpc) is 2.38. The van der Waals surface area contributed by atoms with Gasteiger partial charge in [0.2, 0.25) is 0 Å². The number of hydrogen-bond acceptors (Lipinski definition) is 2. The first-order chi connectivity index (χ1) is 8.25. The van der Waals surface area contributed by atoms with Gasteiger partial charge in [-0.1, -0.05) is 24.3 Å². The SMILES string of the molecule is O=C(O)c1ccc(/C=C/c2ccccn2)cc1. The van der Waals surface area contributed by atoms with Crippen molar-refractivity contribution in [2.75, 3.05) is 0 Å². The lowest BCUT2D eigenvalue weighted by Crippen LogP contribution is -1.94. The highest BCUT2D eigenvalue weighted by atomic mass is 16.4. The van der Waals surface area contributed by atoms with Crippen molar-refractivity contribution in [2.24, 2.45) is 0 Å². The number of benzene rings is 1. The number of carboxylic acids is 1. The van der Waals surface area contributed by atoms with Gasteiger partial charge in [0.1, 0.15) is 0 Å². The maximum atomic E-state index is 10.7. The standard InChI is InChI=1S/C14H11NO2/c16-14(17)12-7-4-11(5-8-12)6-9-13-3-1-2-10-15-13/h1-10H,(H,16,17)/b9-6+. The third-order valence-corrected chi connectivity index (χ3v) is 2.29. The summed E-state index contributed by atoms with van der Waals surface area (Å²) in [7, 11) is 0. The Morgan fingerprint density at radius 2 is 1.82 bits per heavy atom. The van der Waals surface area contributed by atoms with E-state index in [0.717, 1.165) is 11.3 Å². The molecule has 2 aromatic rings. The lowest BCUT2D eigenvalue weighted by Gasteiger charge is -1.96. The van der Waals surface area contributed by atoms with E-state index in [2.05, 4.69) is 4.98 Å². The number of hydrogen-bond donors (Lipinski definition) is 1. The van der Waals surface area contributed by atoms with Crippen LogP contribution in [0.3, 0.4) is 0 Å². The van der Waals surface area contributed by atoms with Gasteiger partial charge in [-0.2, -0.15) is 0 Å². The van der Waals surface area contributed by atoms with E-state index < -0.39 is 5.97 Å². The van der Waals surface area contributed by atoms with Gasteiger partial charge in [-0.3, -0.25) is 4.98 Å². The number of aromatic carboxylic acids is 1. The molecule has 1 aromatic carbocycles. The number of aromatic nitrogens is 1. The summed E-state index contributed by atoms with van der Waals surface area (Å²) in [5, 5.41) is 8.76. The average molecular weight is 225 g/mol. The largest absolute Gasteiger partial charge is 0.478 e. The van der Waals surface area contributed by atoms with Crippen molar-refractivity contribution in [3.8, 4) is 0 Å². The van der Waals surface area contributed by atoms with Gasteiger partial charge in [-0.15, -0.1) is 0 Å². The second-order valence-corrected chi connectivity index (χ2v) is 3.52. The summed E-state index contributed by atoms with van der Waals surface area (Å²) in [4.78, 5) is 14.8. The Bertz CT molecular complexity index is 530. The molecule has 2 rings (SSSR count). The fourth-order valence-corrected chi connectivity index (χ4v) is 1.39. The zero-order valence-electron chi connectivity index (χ0n) is 9.08. The topological polar surface area (TPSA) is 50.2 Å². The van der Waals surface area contributed by atoms with Crippen molar-refractivity contribution in [1.29, 1.82) is 0 Å². The molecule has 0 saturated carbocycles. The molecular weight excluding hydrogens is 214 g/mol. The molecule has 0 atom stereocenters. The van der Waals surface area contributed by atoms with Crippen LogP contribution >= 0.6 is 0 Å². The van der Waals surface area contributed by atoms with E-state index in [4.69, 9.17) is 5.11 Å². The minimum Gasteiger partial charge on any atom is -0.478 e. The molecule has 0 radical (unpaired) electrons. The minimum absolute atomic E-state index is 0.292. The molecule has 0 bridgehead atoms. The van der Waals surface area contributed by atoms with E-state index in [1.165, 1.54) is 0 Å². The molecule has 1 heterocycles. The molecule has 0 saturated heterocycles. The van der Waals surface area contributed by atoms with E-state index in [0.29, 0.717) is 5.56 Å². The van der Waals surface area contributed by atoms with Crippen LogP contribution in [0.1, 0.15) is 21.6 Å². The first-order valence-corrected chi connectivity index (χ1v) is 5.18. The van der Waals surface area contributed by atoms with Gasteiger partial charge in [0.15, 0.2) is 0 Å². The van der Waals surface area contributed by atoms with Crippen LogP contribution < -0.4 is 0 Å². The fourth-order valence-electron chi connectivity index (χ4n) is 1.39. The normalized spacial score (nSPS) is 10.6. The van der Waals surface area contributed by atoms with Crippen molar-refractivity contribution < 1.29 is 9.90 Å². The Hall–Kier alpha value is -2.42. The van der Waals surface area contributed by atoms with Crippen LogP contribution in [0.25, 0.3) is 12.2 Å². The molecule has 3 heteroatoms. The maximum absolute atomic E-state index is 10.7. The van der Waals surface area contributed by atoms with Gasteiger partial charge >= 0.3 is 5.97 Å². The summed E-state index contributed by atoms with van der Waals surface area (Å²) >= 11 is 0. The Kier molecular flexibility index (Phi) is 3.31. The number of rotatable bonds is 3. The lowest BCUT2D eigenvalue weighted by molar-refractivity contribution is 0.0697. The van der Waals surface area contributed by atoms with Crippen molar-refractivity contribution in [2.45, 2.75) is 0 Å². The summed E-state index contributed by atoms with van der Waals surface area (Å²) in [5.74, 6) is -0.912. The third kappa shape index (κ3) is 3.01. The molecular formula is C14H11NO2. The summed E-state index contributed by atoms with van der Waals surface area (Å²) in [6.07, 6.45) is 5.51. The van der Waals surface area contributed by atoms with E-state index in [1.54, 1.807) is 30.5 Å². The quantitative estimate of drug-likeness (QED) is 0.873. The highest BCUT2D eigenvalue weighted by Gasteiger charge is 1.99. The lowest BCUT2D eigenvalue weighted by atomic mass is 10.1. The highest BCUT2D eigenvalue weighted by molar-refractivity contribution is 5.88. The molecule has 1 aromatic heterocycles. The zero-order chi connectivity index (χ0) is 12.1. The smallest absolute Gasteiger partial charge is 0.335 e. The van der Waals surface area contributed by atoms with Gasteiger partial charge in [-0.25, -0.2) is 4.79 Å². The Labute approximate surface area is 99.1 Å².